The first-order valence-electron chi connectivity index (χ1n) is 13.7. The Morgan fingerprint density at radius 2 is 1.43 bits per heavy atom. The summed E-state index contributed by atoms with van der Waals surface area (Å²) >= 11 is 2.90. The number of carbonyl (C=O) groups excluding carboxylic acids is 1. The molecule has 14 heteroatoms. The number of fused-ring (bicyclic) bond motifs is 2. The van der Waals surface area contributed by atoms with Crippen LogP contribution in [0.1, 0.15) is 58.7 Å². The Bertz CT molecular complexity index is 1590. The molecule has 1 unspecified atom stereocenters. The number of benzene rings is 2. The lowest BCUT2D eigenvalue weighted by Gasteiger charge is -2.25. The number of aromatic nitrogens is 4. The van der Waals surface area contributed by atoms with E-state index in [9.17, 15) is 9.90 Å². The van der Waals surface area contributed by atoms with Gasteiger partial charge in [0, 0.05) is 18.3 Å². The van der Waals surface area contributed by atoms with Gasteiger partial charge in [-0.15, -0.1) is 20.4 Å². The molecule has 218 valence electrons. The molecule has 3 atom stereocenters. The number of ether oxygens (including phenoxy) is 4. The lowest BCUT2D eigenvalue weighted by Crippen LogP contribution is -2.21. The molecule has 0 spiro atoms. The zero-order valence-electron chi connectivity index (χ0n) is 22.4. The van der Waals surface area contributed by atoms with Crippen molar-refractivity contribution in [3.63, 3.8) is 0 Å². The van der Waals surface area contributed by atoms with Gasteiger partial charge >= 0.3 is 0 Å². The average molecular weight is 609 g/mol. The molecule has 42 heavy (non-hydrogen) atoms. The topological polar surface area (TPSA) is 150 Å². The second-order valence-corrected chi connectivity index (χ2v) is 12.4. The smallest absolute Gasteiger partial charge is 0.231 e. The lowest BCUT2D eigenvalue weighted by atomic mass is 9.82. The van der Waals surface area contributed by atoms with Crippen LogP contribution in [0.4, 0.5) is 10.3 Å². The number of aliphatic hydroxyl groups excluding tert-OH is 1. The van der Waals surface area contributed by atoms with Crippen LogP contribution in [0.3, 0.4) is 0 Å². The van der Waals surface area contributed by atoms with Crippen molar-refractivity contribution in [2.24, 2.45) is 0 Å². The third kappa shape index (κ3) is 5.96. The maximum absolute atomic E-state index is 12.6. The number of aliphatic hydroxyl groups is 1. The number of amides is 1. The Kier molecular flexibility index (Phi) is 7.48. The number of hydrogen-bond acceptors (Lipinski definition) is 13. The number of rotatable bonds is 9. The van der Waals surface area contributed by atoms with Gasteiger partial charge in [-0.25, -0.2) is 0 Å². The molecular weight excluding hydrogens is 580 g/mol. The molecule has 1 fully saturated rings. The van der Waals surface area contributed by atoms with Crippen molar-refractivity contribution in [1.82, 2.24) is 20.4 Å². The summed E-state index contributed by atoms with van der Waals surface area (Å²) in [7, 11) is 0. The standard InChI is InChI=1S/C28H28N6O6S2/c35-23(10-15-4-6-19-21(8-15)39-13-37-19)29-27-33-31-25(41-27)17-2-1-3-18(12-17)26-32-34-28(42-26)30-24(36)11-16-5-7-20-22(9-16)40-14-38-20/h4-9,17-18,23,35H,1-3,10-14H2,(H,29,33)(H,30,34,36)/t17-,18-,23?/m0/s1. The largest absolute Gasteiger partial charge is 0.454 e. The van der Waals surface area contributed by atoms with Crippen LogP contribution in [0.2, 0.25) is 0 Å². The summed E-state index contributed by atoms with van der Waals surface area (Å²) in [5.74, 6) is 3.07. The highest BCUT2D eigenvalue weighted by atomic mass is 32.1. The highest BCUT2D eigenvalue weighted by Gasteiger charge is 2.29. The van der Waals surface area contributed by atoms with Crippen LogP contribution < -0.4 is 29.6 Å². The number of nitrogens with one attached hydrogen (secondary N) is 2. The minimum Gasteiger partial charge on any atom is -0.454 e. The molecule has 2 aliphatic heterocycles. The van der Waals surface area contributed by atoms with E-state index in [1.54, 1.807) is 0 Å². The van der Waals surface area contributed by atoms with Crippen LogP contribution in [0.25, 0.3) is 0 Å². The summed E-state index contributed by atoms with van der Waals surface area (Å²) in [6.07, 6.45) is 3.73. The lowest BCUT2D eigenvalue weighted by molar-refractivity contribution is -0.115. The Balaban J connectivity index is 0.923. The van der Waals surface area contributed by atoms with Crippen LogP contribution in [-0.4, -0.2) is 51.2 Å². The first-order valence-corrected chi connectivity index (χ1v) is 15.4. The fourth-order valence-electron chi connectivity index (χ4n) is 5.43. The van der Waals surface area contributed by atoms with Gasteiger partial charge in [0.15, 0.2) is 23.0 Å². The van der Waals surface area contributed by atoms with E-state index in [4.69, 9.17) is 18.9 Å². The number of carbonyl (C=O) groups is 1. The molecule has 2 aromatic heterocycles. The van der Waals surface area contributed by atoms with Crippen LogP contribution >= 0.6 is 22.7 Å². The van der Waals surface area contributed by atoms with E-state index in [-0.39, 0.29) is 37.7 Å². The molecule has 2 aromatic carbocycles. The van der Waals surface area contributed by atoms with Gasteiger partial charge in [0.2, 0.25) is 29.8 Å². The second-order valence-electron chi connectivity index (χ2n) is 10.4. The van der Waals surface area contributed by atoms with E-state index in [1.807, 2.05) is 36.4 Å². The van der Waals surface area contributed by atoms with Crippen molar-refractivity contribution < 1.29 is 28.8 Å². The summed E-state index contributed by atoms with van der Waals surface area (Å²) in [5, 5.41) is 36.8. The second kappa shape index (κ2) is 11.7. The molecule has 0 bridgehead atoms. The van der Waals surface area contributed by atoms with E-state index in [2.05, 4.69) is 31.0 Å². The predicted octanol–water partition coefficient (Wildman–Crippen LogP) is 4.44. The third-order valence-corrected chi connectivity index (χ3v) is 9.48. The number of hydrogen-bond donors (Lipinski definition) is 3. The molecule has 3 N–H and O–H groups in total. The highest BCUT2D eigenvalue weighted by molar-refractivity contribution is 7.15. The number of anilines is 2. The molecule has 12 nitrogen and oxygen atoms in total. The average Bonchev–Trinajstić information content (AvgIpc) is 3.80. The molecule has 0 radical (unpaired) electrons. The molecule has 1 aliphatic carbocycles. The van der Waals surface area contributed by atoms with Crippen molar-refractivity contribution in [3.8, 4) is 23.0 Å². The van der Waals surface area contributed by atoms with Gasteiger partial charge in [0.1, 0.15) is 16.2 Å². The Morgan fingerprint density at radius 3 is 2.14 bits per heavy atom. The Labute approximate surface area is 249 Å². The zero-order chi connectivity index (χ0) is 28.5. The fourth-order valence-corrected chi connectivity index (χ4v) is 7.27. The van der Waals surface area contributed by atoms with Crippen LogP contribution in [0.15, 0.2) is 36.4 Å². The summed E-state index contributed by atoms with van der Waals surface area (Å²) in [6, 6.07) is 11.1. The summed E-state index contributed by atoms with van der Waals surface area (Å²) < 4.78 is 21.5. The Morgan fingerprint density at radius 1 is 0.833 bits per heavy atom. The molecular formula is C28H28N6O6S2. The maximum Gasteiger partial charge on any atom is 0.231 e. The molecule has 4 heterocycles. The summed E-state index contributed by atoms with van der Waals surface area (Å²) in [4.78, 5) is 12.6. The van der Waals surface area contributed by atoms with Gasteiger partial charge in [0.25, 0.3) is 0 Å². The monoisotopic (exact) mass is 608 g/mol. The van der Waals surface area contributed by atoms with Crippen LogP contribution in [0.5, 0.6) is 23.0 Å². The van der Waals surface area contributed by atoms with Crippen molar-refractivity contribution in [1.29, 1.82) is 0 Å². The van der Waals surface area contributed by atoms with E-state index >= 15 is 0 Å². The summed E-state index contributed by atoms with van der Waals surface area (Å²) in [6.45, 7) is 0.416. The molecule has 0 saturated heterocycles. The molecule has 1 amide bonds. The first-order chi connectivity index (χ1) is 20.6. The zero-order valence-corrected chi connectivity index (χ0v) is 24.1. The van der Waals surface area contributed by atoms with E-state index in [0.29, 0.717) is 39.7 Å². The van der Waals surface area contributed by atoms with Gasteiger partial charge in [-0.05, 0) is 54.7 Å². The Hall–Kier alpha value is -4.01. The normalized spacial score (nSPS) is 19.5. The van der Waals surface area contributed by atoms with Gasteiger partial charge in [0.05, 0.1) is 6.42 Å². The molecule has 1 saturated carbocycles. The molecule has 7 rings (SSSR count). The minimum atomic E-state index is -0.814. The number of nitrogens with zero attached hydrogens (tertiary/aromatic N) is 4. The third-order valence-electron chi connectivity index (χ3n) is 7.46. The van der Waals surface area contributed by atoms with Crippen molar-refractivity contribution >= 4 is 38.8 Å². The van der Waals surface area contributed by atoms with Gasteiger partial charge in [-0.3, -0.25) is 4.79 Å². The fraction of sp³-hybridized carbons (Fsp3) is 0.393. The van der Waals surface area contributed by atoms with Crippen LogP contribution in [-0.2, 0) is 17.6 Å². The predicted molar refractivity (Wildman–Crippen MR) is 155 cm³/mol. The quantitative estimate of drug-likeness (QED) is 0.231. The van der Waals surface area contributed by atoms with Crippen LogP contribution in [0, 0.1) is 0 Å². The summed E-state index contributed by atoms with van der Waals surface area (Å²) in [5.41, 5.74) is 1.77. The molecule has 4 aromatic rings. The van der Waals surface area contributed by atoms with Crippen molar-refractivity contribution in [2.45, 2.75) is 56.6 Å². The van der Waals surface area contributed by atoms with Gasteiger partial charge in [-0.2, -0.15) is 0 Å². The SMILES string of the molecule is O=C(Cc1ccc2c(c1)OCO2)Nc1nnc([C@H]2CCC[C@H](c3nnc(NC(O)Cc4ccc5c(c4)OCO5)s3)C2)s1. The van der Waals surface area contributed by atoms with Crippen molar-refractivity contribution in [2.75, 3.05) is 24.2 Å². The van der Waals surface area contributed by atoms with Gasteiger partial charge in [-0.1, -0.05) is 41.2 Å². The van der Waals surface area contributed by atoms with Gasteiger partial charge < -0.3 is 34.7 Å². The van der Waals surface area contributed by atoms with E-state index in [1.165, 1.54) is 22.7 Å². The maximum atomic E-state index is 12.6. The van der Waals surface area contributed by atoms with E-state index in [0.717, 1.165) is 46.8 Å². The van der Waals surface area contributed by atoms with Crippen molar-refractivity contribution in [3.05, 3.63) is 57.5 Å². The first kappa shape index (κ1) is 26.9. The molecule has 3 aliphatic rings. The van der Waals surface area contributed by atoms with E-state index < -0.39 is 6.23 Å². The highest BCUT2D eigenvalue weighted by Crippen LogP contribution is 2.43. The minimum absolute atomic E-state index is 0.160.